The van der Waals surface area contributed by atoms with Gasteiger partial charge in [0.1, 0.15) is 0 Å². The summed E-state index contributed by atoms with van der Waals surface area (Å²) in [5.74, 6) is 0. The van der Waals surface area contributed by atoms with Crippen LogP contribution in [0.25, 0.3) is 0 Å². The van der Waals surface area contributed by atoms with Gasteiger partial charge in [0.25, 0.3) is 0 Å². The Morgan fingerprint density at radius 3 is 2.47 bits per heavy atom. The van der Waals surface area contributed by atoms with E-state index in [1.807, 2.05) is 0 Å². The first-order valence-electron chi connectivity index (χ1n) is 6.87. The first kappa shape index (κ1) is 10.1. The molecule has 15 heavy (non-hydrogen) atoms. The van der Waals surface area contributed by atoms with Crippen molar-refractivity contribution in [2.45, 2.75) is 62.9 Å². The Labute approximate surface area is 93.4 Å². The standard InChI is InChI=1S/C13H24N2/c1-2-6-12(5-1)15-10-9-14-13(11-15)7-3-4-8-13/h12,14H,1-11H2. The molecule has 3 aliphatic rings. The lowest BCUT2D eigenvalue weighted by Gasteiger charge is -2.44. The van der Waals surface area contributed by atoms with E-state index < -0.39 is 0 Å². The molecular formula is C13H24N2. The second-order valence-corrected chi connectivity index (χ2v) is 5.82. The van der Waals surface area contributed by atoms with Crippen molar-refractivity contribution in [2.75, 3.05) is 19.6 Å². The van der Waals surface area contributed by atoms with Crippen molar-refractivity contribution in [3.8, 4) is 0 Å². The van der Waals surface area contributed by atoms with Crippen molar-refractivity contribution >= 4 is 0 Å². The summed E-state index contributed by atoms with van der Waals surface area (Å²) in [6, 6.07) is 0.935. The summed E-state index contributed by atoms with van der Waals surface area (Å²) >= 11 is 0. The average Bonchev–Trinajstić information content (AvgIpc) is 2.89. The third-order valence-corrected chi connectivity index (χ3v) is 4.81. The predicted molar refractivity (Wildman–Crippen MR) is 63.0 cm³/mol. The van der Waals surface area contributed by atoms with Crippen LogP contribution in [0.4, 0.5) is 0 Å². The van der Waals surface area contributed by atoms with Gasteiger partial charge in [0, 0.05) is 31.2 Å². The van der Waals surface area contributed by atoms with Gasteiger partial charge in [-0.15, -0.1) is 0 Å². The number of piperazine rings is 1. The molecule has 0 aromatic rings. The number of hydrogen-bond donors (Lipinski definition) is 1. The van der Waals surface area contributed by atoms with E-state index in [-0.39, 0.29) is 0 Å². The Kier molecular flexibility index (Phi) is 2.73. The van der Waals surface area contributed by atoms with Crippen molar-refractivity contribution in [2.24, 2.45) is 0 Å². The molecule has 1 heterocycles. The molecule has 3 rings (SSSR count). The van der Waals surface area contributed by atoms with E-state index in [0.29, 0.717) is 5.54 Å². The lowest BCUT2D eigenvalue weighted by Crippen LogP contribution is -2.60. The van der Waals surface area contributed by atoms with Crippen LogP contribution in [0.2, 0.25) is 0 Å². The van der Waals surface area contributed by atoms with Crippen LogP contribution in [0.3, 0.4) is 0 Å². The number of nitrogens with one attached hydrogen (secondary N) is 1. The second-order valence-electron chi connectivity index (χ2n) is 5.82. The molecule has 3 fully saturated rings. The Hall–Kier alpha value is -0.0800. The Bertz CT molecular complexity index is 215. The van der Waals surface area contributed by atoms with E-state index >= 15 is 0 Å². The zero-order valence-corrected chi connectivity index (χ0v) is 9.80. The minimum atomic E-state index is 0.529. The van der Waals surface area contributed by atoms with E-state index in [1.165, 1.54) is 71.0 Å². The molecule has 1 spiro atoms. The van der Waals surface area contributed by atoms with Gasteiger partial charge in [0.15, 0.2) is 0 Å². The molecule has 1 aliphatic heterocycles. The fourth-order valence-electron chi connectivity index (χ4n) is 3.96. The molecule has 2 saturated carbocycles. The van der Waals surface area contributed by atoms with Crippen molar-refractivity contribution in [3.63, 3.8) is 0 Å². The minimum Gasteiger partial charge on any atom is -0.309 e. The van der Waals surface area contributed by atoms with Gasteiger partial charge >= 0.3 is 0 Å². The third-order valence-electron chi connectivity index (χ3n) is 4.81. The summed E-state index contributed by atoms with van der Waals surface area (Å²) in [5, 5.41) is 3.81. The van der Waals surface area contributed by atoms with Gasteiger partial charge in [-0.05, 0) is 25.7 Å². The molecule has 0 aromatic heterocycles. The molecule has 86 valence electrons. The highest BCUT2D eigenvalue weighted by atomic mass is 15.2. The smallest absolute Gasteiger partial charge is 0.0309 e. The van der Waals surface area contributed by atoms with Crippen molar-refractivity contribution in [3.05, 3.63) is 0 Å². The van der Waals surface area contributed by atoms with Crippen LogP contribution < -0.4 is 5.32 Å². The molecule has 0 bridgehead atoms. The molecule has 2 nitrogen and oxygen atoms in total. The van der Waals surface area contributed by atoms with Crippen molar-refractivity contribution in [1.29, 1.82) is 0 Å². The van der Waals surface area contributed by atoms with Crippen LogP contribution in [-0.4, -0.2) is 36.1 Å². The molecule has 0 atom stereocenters. The third kappa shape index (κ3) is 1.94. The van der Waals surface area contributed by atoms with E-state index in [0.717, 1.165) is 6.04 Å². The molecular weight excluding hydrogens is 184 g/mol. The summed E-state index contributed by atoms with van der Waals surface area (Å²) in [6.07, 6.45) is 11.6. The fraction of sp³-hybridized carbons (Fsp3) is 1.00. The molecule has 1 saturated heterocycles. The van der Waals surface area contributed by atoms with Gasteiger partial charge in [-0.3, -0.25) is 4.90 Å². The lowest BCUT2D eigenvalue weighted by atomic mass is 9.93. The lowest BCUT2D eigenvalue weighted by molar-refractivity contribution is 0.0958. The molecule has 1 N–H and O–H groups in total. The maximum atomic E-state index is 3.81. The second kappa shape index (κ2) is 4.06. The predicted octanol–water partition coefficient (Wildman–Crippen LogP) is 2.15. The average molecular weight is 208 g/mol. The quantitative estimate of drug-likeness (QED) is 0.710. The van der Waals surface area contributed by atoms with Crippen molar-refractivity contribution in [1.82, 2.24) is 10.2 Å². The first-order valence-corrected chi connectivity index (χ1v) is 6.87. The number of rotatable bonds is 1. The van der Waals surface area contributed by atoms with Crippen LogP contribution in [0.5, 0.6) is 0 Å². The van der Waals surface area contributed by atoms with Crippen LogP contribution in [0.15, 0.2) is 0 Å². The van der Waals surface area contributed by atoms with Crippen LogP contribution >= 0.6 is 0 Å². The van der Waals surface area contributed by atoms with Crippen LogP contribution in [0.1, 0.15) is 51.4 Å². The van der Waals surface area contributed by atoms with E-state index in [1.54, 1.807) is 0 Å². The Morgan fingerprint density at radius 2 is 1.73 bits per heavy atom. The molecule has 0 radical (unpaired) electrons. The Morgan fingerprint density at radius 1 is 1.00 bits per heavy atom. The van der Waals surface area contributed by atoms with Gasteiger partial charge in [0.2, 0.25) is 0 Å². The van der Waals surface area contributed by atoms with E-state index in [4.69, 9.17) is 0 Å². The molecule has 0 amide bonds. The monoisotopic (exact) mass is 208 g/mol. The maximum absolute atomic E-state index is 3.81. The SMILES string of the molecule is C1CCC(N2CCNC3(CCCC3)C2)C1. The topological polar surface area (TPSA) is 15.3 Å². The van der Waals surface area contributed by atoms with Crippen LogP contribution in [0, 0.1) is 0 Å². The molecule has 0 unspecified atom stereocenters. The first-order chi connectivity index (χ1) is 7.38. The molecule has 0 aromatic carbocycles. The summed E-state index contributed by atoms with van der Waals surface area (Å²) in [6.45, 7) is 3.88. The van der Waals surface area contributed by atoms with Crippen LogP contribution in [-0.2, 0) is 0 Å². The summed E-state index contributed by atoms with van der Waals surface area (Å²) < 4.78 is 0. The summed E-state index contributed by atoms with van der Waals surface area (Å²) in [5.41, 5.74) is 0.529. The molecule has 2 heteroatoms. The maximum Gasteiger partial charge on any atom is 0.0309 e. The zero-order chi connectivity index (χ0) is 10.1. The van der Waals surface area contributed by atoms with E-state index in [2.05, 4.69) is 10.2 Å². The van der Waals surface area contributed by atoms with Gasteiger partial charge < -0.3 is 5.32 Å². The molecule has 2 aliphatic carbocycles. The minimum absolute atomic E-state index is 0.529. The highest BCUT2D eigenvalue weighted by molar-refractivity contribution is 4.99. The van der Waals surface area contributed by atoms with Gasteiger partial charge in [-0.1, -0.05) is 25.7 Å². The fourth-order valence-corrected chi connectivity index (χ4v) is 3.96. The number of nitrogens with zero attached hydrogens (tertiary/aromatic N) is 1. The van der Waals surface area contributed by atoms with Crippen molar-refractivity contribution < 1.29 is 0 Å². The largest absolute Gasteiger partial charge is 0.309 e. The number of hydrogen-bond acceptors (Lipinski definition) is 2. The normalized spacial score (nSPS) is 32.8. The van der Waals surface area contributed by atoms with Gasteiger partial charge in [-0.25, -0.2) is 0 Å². The van der Waals surface area contributed by atoms with Gasteiger partial charge in [0.05, 0.1) is 0 Å². The van der Waals surface area contributed by atoms with Gasteiger partial charge in [-0.2, -0.15) is 0 Å². The zero-order valence-electron chi connectivity index (χ0n) is 9.80. The Balaban J connectivity index is 1.65. The summed E-state index contributed by atoms with van der Waals surface area (Å²) in [4.78, 5) is 2.80. The highest BCUT2D eigenvalue weighted by Crippen LogP contribution is 2.34. The summed E-state index contributed by atoms with van der Waals surface area (Å²) in [7, 11) is 0. The highest BCUT2D eigenvalue weighted by Gasteiger charge is 2.39. The van der Waals surface area contributed by atoms with E-state index in [9.17, 15) is 0 Å².